The van der Waals surface area contributed by atoms with Crippen LogP contribution in [-0.4, -0.2) is 41.8 Å². The number of primary amides is 1. The van der Waals surface area contributed by atoms with E-state index in [1.807, 2.05) is 20.8 Å². The van der Waals surface area contributed by atoms with Crippen molar-refractivity contribution in [2.75, 3.05) is 6.54 Å². The van der Waals surface area contributed by atoms with E-state index in [9.17, 15) is 14.4 Å². The summed E-state index contributed by atoms with van der Waals surface area (Å²) in [5.41, 5.74) is 5.34. The predicted octanol–water partition coefficient (Wildman–Crippen LogP) is -0.521. The van der Waals surface area contributed by atoms with Crippen molar-refractivity contribution in [3.8, 4) is 0 Å². The molecule has 0 spiro atoms. The molecule has 0 unspecified atom stereocenters. The number of rotatable bonds is 5. The zero-order valence-electron chi connectivity index (χ0n) is 11.1. The number of likely N-dealkylation sites (tertiary alicyclic amines) is 1. The van der Waals surface area contributed by atoms with Crippen LogP contribution in [0.4, 0.5) is 0 Å². The van der Waals surface area contributed by atoms with Gasteiger partial charge in [0.25, 0.3) is 0 Å². The normalized spacial score (nSPS) is 25.0. The van der Waals surface area contributed by atoms with E-state index in [2.05, 4.69) is 5.32 Å². The Morgan fingerprint density at radius 2 is 2.06 bits per heavy atom. The van der Waals surface area contributed by atoms with Gasteiger partial charge in [0.2, 0.25) is 18.2 Å². The van der Waals surface area contributed by atoms with Gasteiger partial charge in [-0.1, -0.05) is 20.8 Å². The number of amides is 3. The first-order chi connectivity index (χ1) is 8.40. The molecule has 0 bridgehead atoms. The van der Waals surface area contributed by atoms with Crippen LogP contribution in [0.25, 0.3) is 0 Å². The highest BCUT2D eigenvalue weighted by molar-refractivity contribution is 5.90. The molecule has 3 amide bonds. The monoisotopic (exact) mass is 255 g/mol. The Hall–Kier alpha value is -1.59. The van der Waals surface area contributed by atoms with E-state index in [0.717, 1.165) is 6.42 Å². The third-order valence-electron chi connectivity index (χ3n) is 3.46. The summed E-state index contributed by atoms with van der Waals surface area (Å²) in [6, 6.07) is -1.16. The van der Waals surface area contributed by atoms with Crippen molar-refractivity contribution in [2.24, 2.45) is 17.6 Å². The van der Waals surface area contributed by atoms with Crippen LogP contribution in [0.3, 0.4) is 0 Å². The third kappa shape index (κ3) is 2.80. The Bertz CT molecular complexity index is 343. The summed E-state index contributed by atoms with van der Waals surface area (Å²) >= 11 is 0. The molecule has 3 atom stereocenters. The molecule has 6 nitrogen and oxygen atoms in total. The molecule has 1 fully saturated rings. The van der Waals surface area contributed by atoms with Gasteiger partial charge in [-0.2, -0.15) is 0 Å². The molecule has 1 heterocycles. The van der Waals surface area contributed by atoms with Gasteiger partial charge in [-0.25, -0.2) is 0 Å². The second kappa shape index (κ2) is 5.84. The van der Waals surface area contributed by atoms with Crippen LogP contribution in [-0.2, 0) is 14.4 Å². The molecule has 102 valence electrons. The van der Waals surface area contributed by atoms with Crippen LogP contribution >= 0.6 is 0 Å². The number of nitrogens with one attached hydrogen (secondary N) is 1. The molecule has 18 heavy (non-hydrogen) atoms. The van der Waals surface area contributed by atoms with E-state index in [1.54, 1.807) is 0 Å². The van der Waals surface area contributed by atoms with Crippen LogP contribution in [0.5, 0.6) is 0 Å². The van der Waals surface area contributed by atoms with Crippen molar-refractivity contribution >= 4 is 18.2 Å². The molecular weight excluding hydrogens is 234 g/mol. The molecule has 6 heteroatoms. The number of nitrogens with zero attached hydrogens (tertiary/aromatic N) is 1. The molecule has 0 aromatic rings. The average molecular weight is 255 g/mol. The van der Waals surface area contributed by atoms with E-state index in [1.165, 1.54) is 4.90 Å². The largest absolute Gasteiger partial charge is 0.368 e. The summed E-state index contributed by atoms with van der Waals surface area (Å²) in [4.78, 5) is 35.8. The van der Waals surface area contributed by atoms with Crippen molar-refractivity contribution in [3.63, 3.8) is 0 Å². The van der Waals surface area contributed by atoms with Gasteiger partial charge in [0, 0.05) is 6.54 Å². The van der Waals surface area contributed by atoms with E-state index < -0.39 is 18.0 Å². The lowest BCUT2D eigenvalue weighted by Crippen LogP contribution is -2.54. The fourth-order valence-corrected chi connectivity index (χ4v) is 2.43. The summed E-state index contributed by atoms with van der Waals surface area (Å²) in [7, 11) is 0. The SMILES string of the molecule is CC(C)[C@H](NC=O)C(=O)N1CC[C@@H](C)[C@H]1C(N)=O. The van der Waals surface area contributed by atoms with Gasteiger partial charge in [-0.3, -0.25) is 14.4 Å². The van der Waals surface area contributed by atoms with Crippen LogP contribution in [0.2, 0.25) is 0 Å². The topological polar surface area (TPSA) is 92.5 Å². The number of hydrogen-bond acceptors (Lipinski definition) is 3. The van der Waals surface area contributed by atoms with Gasteiger partial charge in [-0.15, -0.1) is 0 Å². The van der Waals surface area contributed by atoms with Crippen molar-refractivity contribution in [3.05, 3.63) is 0 Å². The van der Waals surface area contributed by atoms with Crippen LogP contribution in [0.15, 0.2) is 0 Å². The summed E-state index contributed by atoms with van der Waals surface area (Å²) in [6.07, 6.45) is 1.27. The lowest BCUT2D eigenvalue weighted by Gasteiger charge is -2.29. The third-order valence-corrected chi connectivity index (χ3v) is 3.46. The van der Waals surface area contributed by atoms with Gasteiger partial charge in [0.1, 0.15) is 12.1 Å². The van der Waals surface area contributed by atoms with E-state index in [0.29, 0.717) is 13.0 Å². The Morgan fingerprint density at radius 3 is 2.50 bits per heavy atom. The highest BCUT2D eigenvalue weighted by Crippen LogP contribution is 2.25. The van der Waals surface area contributed by atoms with Gasteiger partial charge < -0.3 is 16.0 Å². The first-order valence-corrected chi connectivity index (χ1v) is 6.19. The molecule has 1 rings (SSSR count). The molecule has 0 radical (unpaired) electrons. The average Bonchev–Trinajstić information content (AvgIpc) is 2.66. The van der Waals surface area contributed by atoms with Crippen LogP contribution < -0.4 is 11.1 Å². The zero-order chi connectivity index (χ0) is 13.9. The smallest absolute Gasteiger partial charge is 0.246 e. The van der Waals surface area contributed by atoms with Gasteiger partial charge >= 0.3 is 0 Å². The molecule has 0 aliphatic carbocycles. The van der Waals surface area contributed by atoms with Crippen molar-refractivity contribution in [2.45, 2.75) is 39.3 Å². The fourth-order valence-electron chi connectivity index (χ4n) is 2.43. The number of carbonyl (C=O) groups excluding carboxylic acids is 3. The molecule has 0 aromatic carbocycles. The second-order valence-electron chi connectivity index (χ2n) is 5.15. The maximum Gasteiger partial charge on any atom is 0.246 e. The molecule has 0 aromatic heterocycles. The van der Waals surface area contributed by atoms with Crippen LogP contribution in [0, 0.1) is 11.8 Å². The van der Waals surface area contributed by atoms with Gasteiger partial charge in [-0.05, 0) is 18.3 Å². The highest BCUT2D eigenvalue weighted by atomic mass is 16.2. The fraction of sp³-hybridized carbons (Fsp3) is 0.750. The second-order valence-corrected chi connectivity index (χ2v) is 5.15. The Kier molecular flexibility index (Phi) is 4.69. The highest BCUT2D eigenvalue weighted by Gasteiger charge is 2.40. The number of nitrogens with two attached hydrogens (primary N) is 1. The molecule has 1 saturated heterocycles. The van der Waals surface area contributed by atoms with Crippen LogP contribution in [0.1, 0.15) is 27.2 Å². The Morgan fingerprint density at radius 1 is 1.44 bits per heavy atom. The predicted molar refractivity (Wildman–Crippen MR) is 66.3 cm³/mol. The standard InChI is InChI=1S/C12H21N3O3/c1-7(2)9(14-6-16)12(18)15-5-4-8(3)10(15)11(13)17/h6-10H,4-5H2,1-3H3,(H2,13,17)(H,14,16)/t8-,9+,10+/m1/s1. The van der Waals surface area contributed by atoms with E-state index in [4.69, 9.17) is 5.73 Å². The zero-order valence-corrected chi connectivity index (χ0v) is 11.1. The van der Waals surface area contributed by atoms with Gasteiger partial charge in [0.05, 0.1) is 0 Å². The first-order valence-electron chi connectivity index (χ1n) is 6.19. The molecular formula is C12H21N3O3. The van der Waals surface area contributed by atoms with Gasteiger partial charge in [0.15, 0.2) is 0 Å². The summed E-state index contributed by atoms with van der Waals surface area (Å²) in [6.45, 7) is 6.10. The number of carbonyl (C=O) groups is 3. The first kappa shape index (κ1) is 14.5. The lowest BCUT2D eigenvalue weighted by molar-refractivity contribution is -0.141. The maximum atomic E-state index is 12.3. The minimum atomic E-state index is -0.602. The van der Waals surface area contributed by atoms with E-state index in [-0.39, 0.29) is 17.7 Å². The Balaban J connectivity index is 2.87. The summed E-state index contributed by atoms with van der Waals surface area (Å²) < 4.78 is 0. The summed E-state index contributed by atoms with van der Waals surface area (Å²) in [5, 5.41) is 2.51. The summed E-state index contributed by atoms with van der Waals surface area (Å²) in [5.74, 6) is -0.685. The maximum absolute atomic E-state index is 12.3. The van der Waals surface area contributed by atoms with E-state index >= 15 is 0 Å². The van der Waals surface area contributed by atoms with Crippen molar-refractivity contribution in [1.82, 2.24) is 10.2 Å². The molecule has 0 saturated carbocycles. The Labute approximate surface area is 107 Å². The minimum Gasteiger partial charge on any atom is -0.368 e. The molecule has 1 aliphatic rings. The number of hydrogen-bond donors (Lipinski definition) is 2. The van der Waals surface area contributed by atoms with Crippen molar-refractivity contribution in [1.29, 1.82) is 0 Å². The van der Waals surface area contributed by atoms with Crippen molar-refractivity contribution < 1.29 is 14.4 Å². The minimum absolute atomic E-state index is 0.0351. The molecule has 3 N–H and O–H groups in total. The molecule has 1 aliphatic heterocycles. The lowest BCUT2D eigenvalue weighted by atomic mass is 10.00. The quantitative estimate of drug-likeness (QED) is 0.647.